The molecule has 0 spiro atoms. The minimum atomic E-state index is 0.489. The summed E-state index contributed by atoms with van der Waals surface area (Å²) in [5.74, 6) is 1.67. The highest BCUT2D eigenvalue weighted by Crippen LogP contribution is 2.23. The van der Waals surface area contributed by atoms with Gasteiger partial charge in [-0.05, 0) is 64.9 Å². The highest BCUT2D eigenvalue weighted by Gasteiger charge is 2.27. The van der Waals surface area contributed by atoms with Crippen LogP contribution in [0.5, 0.6) is 0 Å². The van der Waals surface area contributed by atoms with Gasteiger partial charge in [-0.25, -0.2) is 9.97 Å². The van der Waals surface area contributed by atoms with Crippen molar-refractivity contribution in [3.63, 3.8) is 0 Å². The molecule has 144 valence electrons. The fourth-order valence-corrected chi connectivity index (χ4v) is 4.24. The van der Waals surface area contributed by atoms with E-state index in [-0.39, 0.29) is 0 Å². The van der Waals surface area contributed by atoms with Gasteiger partial charge < -0.3 is 15.1 Å². The first-order valence-electron chi connectivity index (χ1n) is 10.1. The molecule has 6 heteroatoms. The van der Waals surface area contributed by atoms with Crippen molar-refractivity contribution in [2.24, 2.45) is 0 Å². The van der Waals surface area contributed by atoms with E-state index in [9.17, 15) is 0 Å². The number of anilines is 1. The fraction of sp³-hybridized carbons (Fsp3) is 0.571. The first-order chi connectivity index (χ1) is 13.2. The largest absolute Gasteiger partial charge is 0.367 e. The summed E-state index contributed by atoms with van der Waals surface area (Å²) in [7, 11) is 2.23. The Hall–Kier alpha value is -2.05. The zero-order valence-electron chi connectivity index (χ0n) is 16.4. The van der Waals surface area contributed by atoms with Crippen LogP contribution in [0.3, 0.4) is 0 Å². The van der Waals surface area contributed by atoms with Gasteiger partial charge in [0, 0.05) is 54.9 Å². The Balaban J connectivity index is 1.36. The summed E-state index contributed by atoms with van der Waals surface area (Å²) in [5.41, 5.74) is 1.94. The molecule has 4 heterocycles. The lowest BCUT2D eigenvalue weighted by Gasteiger charge is -2.41. The standard InChI is InChI=1S/C21H30N6/c1-16-14-20(25-21(23-16)17-4-3-9-22-15-17)24-18-5-12-27(13-6-18)19-7-10-26(2)11-8-19/h3-4,9,14-15,18-19H,5-8,10-13H2,1-2H3,(H,23,24,25). The summed E-state index contributed by atoms with van der Waals surface area (Å²) < 4.78 is 0. The molecular weight excluding hydrogens is 336 g/mol. The maximum Gasteiger partial charge on any atom is 0.163 e. The average molecular weight is 367 g/mol. The van der Waals surface area contributed by atoms with Crippen molar-refractivity contribution < 1.29 is 0 Å². The molecule has 0 radical (unpaired) electrons. The summed E-state index contributed by atoms with van der Waals surface area (Å²) in [6, 6.07) is 7.24. The predicted molar refractivity (Wildman–Crippen MR) is 109 cm³/mol. The number of pyridine rings is 1. The van der Waals surface area contributed by atoms with E-state index in [1.807, 2.05) is 31.3 Å². The van der Waals surface area contributed by atoms with E-state index in [2.05, 4.69) is 32.1 Å². The Kier molecular flexibility index (Phi) is 5.64. The van der Waals surface area contributed by atoms with Gasteiger partial charge in [0.25, 0.3) is 0 Å². The number of hydrogen-bond donors (Lipinski definition) is 1. The lowest BCUT2D eigenvalue weighted by atomic mass is 9.98. The topological polar surface area (TPSA) is 57.2 Å². The molecular formula is C21H30N6. The Morgan fingerprint density at radius 3 is 2.52 bits per heavy atom. The van der Waals surface area contributed by atoms with Crippen LogP contribution in [0.25, 0.3) is 11.4 Å². The zero-order chi connectivity index (χ0) is 18.6. The molecule has 0 aliphatic carbocycles. The molecule has 1 N–H and O–H groups in total. The van der Waals surface area contributed by atoms with Gasteiger partial charge >= 0.3 is 0 Å². The molecule has 2 aromatic heterocycles. The average Bonchev–Trinajstić information content (AvgIpc) is 2.69. The SMILES string of the molecule is Cc1cc(NC2CCN(C3CCN(C)CC3)CC2)nc(-c2cccnc2)n1. The highest BCUT2D eigenvalue weighted by atomic mass is 15.2. The molecule has 0 saturated carbocycles. The molecule has 4 rings (SSSR count). The van der Waals surface area contributed by atoms with Gasteiger partial charge in [0.05, 0.1) is 0 Å². The quantitative estimate of drug-likeness (QED) is 0.898. The van der Waals surface area contributed by atoms with Gasteiger partial charge in [0.2, 0.25) is 0 Å². The number of nitrogens with zero attached hydrogens (tertiary/aromatic N) is 5. The Labute approximate surface area is 162 Å². The molecule has 2 fully saturated rings. The van der Waals surface area contributed by atoms with Crippen LogP contribution >= 0.6 is 0 Å². The zero-order valence-corrected chi connectivity index (χ0v) is 16.4. The number of aromatic nitrogens is 3. The van der Waals surface area contributed by atoms with Crippen molar-refractivity contribution in [3.8, 4) is 11.4 Å². The smallest absolute Gasteiger partial charge is 0.163 e. The minimum Gasteiger partial charge on any atom is -0.367 e. The van der Waals surface area contributed by atoms with Gasteiger partial charge in [-0.1, -0.05) is 0 Å². The maximum atomic E-state index is 4.73. The van der Waals surface area contributed by atoms with Crippen molar-refractivity contribution >= 4 is 5.82 Å². The van der Waals surface area contributed by atoms with E-state index in [4.69, 9.17) is 4.98 Å². The highest BCUT2D eigenvalue weighted by molar-refractivity contribution is 5.56. The molecule has 2 aliphatic rings. The minimum absolute atomic E-state index is 0.489. The second-order valence-electron chi connectivity index (χ2n) is 7.95. The summed E-state index contributed by atoms with van der Waals surface area (Å²) in [5, 5.41) is 3.66. The molecule has 27 heavy (non-hydrogen) atoms. The van der Waals surface area contributed by atoms with Crippen LogP contribution in [0.2, 0.25) is 0 Å². The van der Waals surface area contributed by atoms with Crippen molar-refractivity contribution in [2.75, 3.05) is 38.5 Å². The molecule has 0 atom stereocenters. The number of piperidine rings is 2. The Morgan fingerprint density at radius 1 is 1.04 bits per heavy atom. The van der Waals surface area contributed by atoms with Crippen molar-refractivity contribution in [1.82, 2.24) is 24.8 Å². The van der Waals surface area contributed by atoms with Crippen LogP contribution in [0, 0.1) is 6.92 Å². The lowest BCUT2D eigenvalue weighted by Crippen LogP contribution is -2.48. The van der Waals surface area contributed by atoms with E-state index in [1.165, 1.54) is 51.9 Å². The lowest BCUT2D eigenvalue weighted by molar-refractivity contribution is 0.0993. The Bertz CT molecular complexity index is 734. The van der Waals surface area contributed by atoms with Crippen LogP contribution < -0.4 is 5.32 Å². The third kappa shape index (κ3) is 4.62. The normalized spacial score (nSPS) is 20.7. The van der Waals surface area contributed by atoms with E-state index in [0.29, 0.717) is 6.04 Å². The third-order valence-corrected chi connectivity index (χ3v) is 5.86. The van der Waals surface area contributed by atoms with Gasteiger partial charge in [-0.15, -0.1) is 0 Å². The molecule has 0 amide bonds. The van der Waals surface area contributed by atoms with Crippen LogP contribution in [0.15, 0.2) is 30.6 Å². The number of hydrogen-bond acceptors (Lipinski definition) is 6. The van der Waals surface area contributed by atoms with Crippen molar-refractivity contribution in [3.05, 3.63) is 36.3 Å². The van der Waals surface area contributed by atoms with Crippen LogP contribution in [-0.4, -0.2) is 70.1 Å². The monoisotopic (exact) mass is 366 g/mol. The van der Waals surface area contributed by atoms with E-state index in [1.54, 1.807) is 6.20 Å². The van der Waals surface area contributed by atoms with Gasteiger partial charge in [0.1, 0.15) is 5.82 Å². The van der Waals surface area contributed by atoms with Crippen molar-refractivity contribution in [1.29, 1.82) is 0 Å². The van der Waals surface area contributed by atoms with E-state index < -0.39 is 0 Å². The number of likely N-dealkylation sites (tertiary alicyclic amines) is 2. The van der Waals surface area contributed by atoms with Gasteiger partial charge in [-0.2, -0.15) is 0 Å². The first-order valence-corrected chi connectivity index (χ1v) is 10.1. The third-order valence-electron chi connectivity index (χ3n) is 5.86. The maximum absolute atomic E-state index is 4.73. The molecule has 2 aromatic rings. The Morgan fingerprint density at radius 2 is 1.81 bits per heavy atom. The van der Waals surface area contributed by atoms with E-state index >= 15 is 0 Å². The van der Waals surface area contributed by atoms with Gasteiger partial charge in [-0.3, -0.25) is 4.98 Å². The van der Waals surface area contributed by atoms with Crippen molar-refractivity contribution in [2.45, 2.75) is 44.7 Å². The molecule has 0 bridgehead atoms. The summed E-state index contributed by atoms with van der Waals surface area (Å²) >= 11 is 0. The number of nitrogens with one attached hydrogen (secondary N) is 1. The molecule has 2 aliphatic heterocycles. The first kappa shape index (κ1) is 18.3. The van der Waals surface area contributed by atoms with Crippen LogP contribution in [-0.2, 0) is 0 Å². The number of rotatable bonds is 4. The van der Waals surface area contributed by atoms with E-state index in [0.717, 1.165) is 28.9 Å². The number of aryl methyl sites for hydroxylation is 1. The molecule has 0 aromatic carbocycles. The second-order valence-corrected chi connectivity index (χ2v) is 7.95. The predicted octanol–water partition coefficient (Wildman–Crippen LogP) is 2.82. The molecule has 6 nitrogen and oxygen atoms in total. The summed E-state index contributed by atoms with van der Waals surface area (Å²) in [6.45, 7) is 6.87. The van der Waals surface area contributed by atoms with Crippen LogP contribution in [0.1, 0.15) is 31.4 Å². The van der Waals surface area contributed by atoms with Gasteiger partial charge in [0.15, 0.2) is 5.82 Å². The second kappa shape index (κ2) is 8.31. The molecule has 0 unspecified atom stereocenters. The summed E-state index contributed by atoms with van der Waals surface area (Å²) in [4.78, 5) is 18.6. The van der Waals surface area contributed by atoms with Crippen LogP contribution in [0.4, 0.5) is 5.82 Å². The summed E-state index contributed by atoms with van der Waals surface area (Å²) in [6.07, 6.45) is 8.58. The molecule has 2 saturated heterocycles. The fourth-order valence-electron chi connectivity index (χ4n) is 4.24.